The molecule has 0 aliphatic rings. The molecule has 0 aliphatic carbocycles. The standard InChI is InChI=1S/C14H14F3NO3/c1-3-4-11(13(20)21-2)18-12(19)9-5-7-10(8-6-9)14(15,16)17/h3,5-8,11H,1,4H2,2H3,(H,18,19)/t11-/m0/s1. The molecule has 0 fully saturated rings. The van der Waals surface area contributed by atoms with Crippen molar-refractivity contribution in [1.29, 1.82) is 0 Å². The Labute approximate surface area is 119 Å². The summed E-state index contributed by atoms with van der Waals surface area (Å²) in [4.78, 5) is 23.3. The number of halogens is 3. The number of esters is 1. The molecule has 114 valence electrons. The Kier molecular flexibility index (Phi) is 5.52. The molecule has 0 aliphatic heterocycles. The van der Waals surface area contributed by atoms with Crippen molar-refractivity contribution in [3.8, 4) is 0 Å². The Morgan fingerprint density at radius 3 is 2.33 bits per heavy atom. The number of benzene rings is 1. The van der Waals surface area contributed by atoms with Crippen LogP contribution in [0.5, 0.6) is 0 Å². The Hall–Kier alpha value is -2.31. The minimum Gasteiger partial charge on any atom is -0.467 e. The lowest BCUT2D eigenvalue weighted by atomic mass is 10.1. The van der Waals surface area contributed by atoms with E-state index in [1.165, 1.54) is 13.2 Å². The average Bonchev–Trinajstić information content (AvgIpc) is 2.45. The van der Waals surface area contributed by atoms with Crippen molar-refractivity contribution in [1.82, 2.24) is 5.32 Å². The fourth-order valence-corrected chi connectivity index (χ4v) is 1.58. The molecule has 0 saturated carbocycles. The monoisotopic (exact) mass is 301 g/mol. The Balaban J connectivity index is 2.83. The van der Waals surface area contributed by atoms with Gasteiger partial charge in [0.15, 0.2) is 0 Å². The largest absolute Gasteiger partial charge is 0.467 e. The van der Waals surface area contributed by atoms with Gasteiger partial charge in [0, 0.05) is 5.56 Å². The Morgan fingerprint density at radius 2 is 1.90 bits per heavy atom. The first-order valence-corrected chi connectivity index (χ1v) is 5.96. The van der Waals surface area contributed by atoms with Gasteiger partial charge in [0.2, 0.25) is 0 Å². The van der Waals surface area contributed by atoms with Crippen LogP contribution in [0.3, 0.4) is 0 Å². The van der Waals surface area contributed by atoms with E-state index in [1.54, 1.807) is 0 Å². The summed E-state index contributed by atoms with van der Waals surface area (Å²) in [7, 11) is 1.17. The first-order valence-electron chi connectivity index (χ1n) is 5.96. The Bertz CT molecular complexity index is 523. The highest BCUT2D eigenvalue weighted by Crippen LogP contribution is 2.29. The molecule has 1 aromatic carbocycles. The molecular formula is C14H14F3NO3. The van der Waals surface area contributed by atoms with E-state index in [-0.39, 0.29) is 12.0 Å². The van der Waals surface area contributed by atoms with E-state index in [0.29, 0.717) is 0 Å². The topological polar surface area (TPSA) is 55.4 Å². The number of rotatable bonds is 5. The van der Waals surface area contributed by atoms with Gasteiger partial charge >= 0.3 is 12.1 Å². The van der Waals surface area contributed by atoms with Crippen LogP contribution >= 0.6 is 0 Å². The number of amides is 1. The lowest BCUT2D eigenvalue weighted by molar-refractivity contribution is -0.142. The van der Waals surface area contributed by atoms with E-state index < -0.39 is 29.7 Å². The fourth-order valence-electron chi connectivity index (χ4n) is 1.58. The van der Waals surface area contributed by atoms with E-state index in [9.17, 15) is 22.8 Å². The van der Waals surface area contributed by atoms with E-state index in [0.717, 1.165) is 24.3 Å². The van der Waals surface area contributed by atoms with Gasteiger partial charge < -0.3 is 10.1 Å². The van der Waals surface area contributed by atoms with Gasteiger partial charge in [-0.05, 0) is 30.7 Å². The molecule has 7 heteroatoms. The number of carbonyl (C=O) groups is 2. The highest BCUT2D eigenvalue weighted by molar-refractivity contribution is 5.96. The zero-order chi connectivity index (χ0) is 16.0. The number of alkyl halides is 3. The lowest BCUT2D eigenvalue weighted by Crippen LogP contribution is -2.41. The van der Waals surface area contributed by atoms with E-state index in [1.807, 2.05) is 0 Å². The molecule has 4 nitrogen and oxygen atoms in total. The fraction of sp³-hybridized carbons (Fsp3) is 0.286. The van der Waals surface area contributed by atoms with Crippen LogP contribution in [0.25, 0.3) is 0 Å². The number of hydrogen-bond acceptors (Lipinski definition) is 3. The summed E-state index contributed by atoms with van der Waals surface area (Å²) in [6.07, 6.45) is -2.89. The first-order chi connectivity index (χ1) is 9.79. The molecule has 0 bridgehead atoms. The molecule has 0 unspecified atom stereocenters. The minimum atomic E-state index is -4.47. The molecule has 0 spiro atoms. The molecule has 0 heterocycles. The smallest absolute Gasteiger partial charge is 0.416 e. The van der Waals surface area contributed by atoms with Crippen LogP contribution in [0, 0.1) is 0 Å². The maximum absolute atomic E-state index is 12.4. The van der Waals surface area contributed by atoms with Gasteiger partial charge in [0.1, 0.15) is 6.04 Å². The second kappa shape index (κ2) is 6.92. The van der Waals surface area contributed by atoms with Crippen molar-refractivity contribution in [3.63, 3.8) is 0 Å². The predicted octanol–water partition coefficient (Wildman–Crippen LogP) is 2.55. The molecule has 1 atom stereocenters. The van der Waals surface area contributed by atoms with Crippen molar-refractivity contribution in [2.75, 3.05) is 7.11 Å². The minimum absolute atomic E-state index is 0.0148. The summed E-state index contributed by atoms with van der Waals surface area (Å²) < 4.78 is 41.7. The third kappa shape index (κ3) is 4.62. The van der Waals surface area contributed by atoms with E-state index in [2.05, 4.69) is 16.6 Å². The summed E-state index contributed by atoms with van der Waals surface area (Å²) in [6.45, 7) is 3.45. The molecule has 1 aromatic rings. The number of ether oxygens (including phenoxy) is 1. The molecular weight excluding hydrogens is 287 g/mol. The van der Waals surface area contributed by atoms with Crippen LogP contribution in [-0.2, 0) is 15.7 Å². The maximum Gasteiger partial charge on any atom is 0.416 e. The zero-order valence-corrected chi connectivity index (χ0v) is 11.2. The normalized spacial score (nSPS) is 12.4. The number of methoxy groups -OCH3 is 1. The quantitative estimate of drug-likeness (QED) is 0.671. The average molecular weight is 301 g/mol. The van der Waals surface area contributed by atoms with Crippen molar-refractivity contribution >= 4 is 11.9 Å². The highest BCUT2D eigenvalue weighted by Gasteiger charge is 2.30. The van der Waals surface area contributed by atoms with Crippen molar-refractivity contribution in [2.24, 2.45) is 0 Å². The molecule has 0 saturated heterocycles. The summed E-state index contributed by atoms with van der Waals surface area (Å²) >= 11 is 0. The van der Waals surface area contributed by atoms with Crippen LogP contribution in [0.4, 0.5) is 13.2 Å². The van der Waals surface area contributed by atoms with Gasteiger partial charge in [-0.25, -0.2) is 4.79 Å². The van der Waals surface area contributed by atoms with Crippen LogP contribution in [-0.4, -0.2) is 25.0 Å². The molecule has 21 heavy (non-hydrogen) atoms. The summed E-state index contributed by atoms with van der Waals surface area (Å²) in [6, 6.07) is 2.76. The van der Waals surface area contributed by atoms with Crippen LogP contribution < -0.4 is 5.32 Å². The van der Waals surface area contributed by atoms with Crippen molar-refractivity contribution < 1.29 is 27.5 Å². The lowest BCUT2D eigenvalue weighted by Gasteiger charge is -2.15. The number of carbonyl (C=O) groups excluding carboxylic acids is 2. The molecule has 0 aromatic heterocycles. The molecule has 1 amide bonds. The van der Waals surface area contributed by atoms with Crippen LogP contribution in [0.1, 0.15) is 22.3 Å². The third-order valence-corrected chi connectivity index (χ3v) is 2.67. The first kappa shape index (κ1) is 16.7. The summed E-state index contributed by atoms with van der Waals surface area (Å²) in [5.41, 5.74) is -0.837. The molecule has 0 radical (unpaired) electrons. The predicted molar refractivity (Wildman–Crippen MR) is 69.5 cm³/mol. The van der Waals surface area contributed by atoms with Gasteiger partial charge in [-0.15, -0.1) is 6.58 Å². The van der Waals surface area contributed by atoms with E-state index >= 15 is 0 Å². The maximum atomic E-state index is 12.4. The second-order valence-electron chi connectivity index (χ2n) is 4.15. The van der Waals surface area contributed by atoms with Gasteiger partial charge in [-0.1, -0.05) is 6.08 Å². The highest BCUT2D eigenvalue weighted by atomic mass is 19.4. The van der Waals surface area contributed by atoms with E-state index in [4.69, 9.17) is 0 Å². The van der Waals surface area contributed by atoms with Crippen LogP contribution in [0.15, 0.2) is 36.9 Å². The van der Waals surface area contributed by atoms with Crippen molar-refractivity contribution in [3.05, 3.63) is 48.0 Å². The SMILES string of the molecule is C=CC[C@H](NC(=O)c1ccc(C(F)(F)F)cc1)C(=O)OC. The van der Waals surface area contributed by atoms with Gasteiger partial charge in [0.25, 0.3) is 5.91 Å². The van der Waals surface area contributed by atoms with Gasteiger partial charge in [0.05, 0.1) is 12.7 Å². The number of nitrogens with one attached hydrogen (secondary N) is 1. The summed E-state index contributed by atoms with van der Waals surface area (Å²) in [5, 5.41) is 2.38. The molecule has 1 N–H and O–H groups in total. The van der Waals surface area contributed by atoms with Crippen LogP contribution in [0.2, 0.25) is 0 Å². The summed E-state index contributed by atoms with van der Waals surface area (Å²) in [5.74, 6) is -1.32. The Morgan fingerprint density at radius 1 is 1.33 bits per heavy atom. The van der Waals surface area contributed by atoms with Gasteiger partial charge in [-0.2, -0.15) is 13.2 Å². The zero-order valence-electron chi connectivity index (χ0n) is 11.2. The third-order valence-electron chi connectivity index (χ3n) is 2.67. The van der Waals surface area contributed by atoms with Gasteiger partial charge in [-0.3, -0.25) is 4.79 Å². The van der Waals surface area contributed by atoms with Crippen molar-refractivity contribution in [2.45, 2.75) is 18.6 Å². The second-order valence-corrected chi connectivity index (χ2v) is 4.15. The molecule has 1 rings (SSSR count). The number of hydrogen-bond donors (Lipinski definition) is 1.